The van der Waals surface area contributed by atoms with Gasteiger partial charge in [0.25, 0.3) is 0 Å². The van der Waals surface area contributed by atoms with E-state index in [9.17, 15) is 24.0 Å². The minimum atomic E-state index is -1.10. The molecule has 0 saturated heterocycles. The average molecular weight is 937 g/mol. The molecule has 0 spiro atoms. The van der Waals surface area contributed by atoms with E-state index >= 15 is 0 Å². The van der Waals surface area contributed by atoms with Crippen LogP contribution in [0, 0.1) is 35.5 Å². The van der Waals surface area contributed by atoms with Gasteiger partial charge in [-0.15, -0.1) is 0 Å². The fourth-order valence-corrected chi connectivity index (χ4v) is 8.48. The Morgan fingerprint density at radius 1 is 0.688 bits per heavy atom. The van der Waals surface area contributed by atoms with Gasteiger partial charge >= 0.3 is 24.0 Å². The van der Waals surface area contributed by atoms with Crippen molar-refractivity contribution in [2.45, 2.75) is 164 Å². The summed E-state index contributed by atoms with van der Waals surface area (Å²) in [6.07, 6.45) is 6.63. The Balaban J connectivity index is 0.000000502. The number of carboxylic acids is 1. The number of benzene rings is 2. The summed E-state index contributed by atoms with van der Waals surface area (Å²) in [5, 5.41) is 10.3. The van der Waals surface area contributed by atoms with Crippen LogP contribution in [0.5, 0.6) is 0 Å². The molecule has 2 fully saturated rings. The molecule has 2 aromatic rings. The summed E-state index contributed by atoms with van der Waals surface area (Å²) < 4.78 is 16.6. The quantitative estimate of drug-likeness (QED) is 0.0676. The van der Waals surface area contributed by atoms with Crippen molar-refractivity contribution < 1.29 is 43.3 Å². The van der Waals surface area contributed by atoms with Gasteiger partial charge in [0.1, 0.15) is 30.1 Å². The van der Waals surface area contributed by atoms with E-state index < -0.39 is 24.2 Å². The van der Waals surface area contributed by atoms with Crippen LogP contribution in [0.15, 0.2) is 60.7 Å². The number of nitrogens with one attached hydrogen (secondary N) is 3. The molecule has 2 aromatic carbocycles. The molecule has 4 N–H and O–H groups in total. The lowest BCUT2D eigenvalue weighted by atomic mass is 9.75. The molecule has 0 unspecified atom stereocenters. The summed E-state index contributed by atoms with van der Waals surface area (Å²) in [5.41, 5.74) is 1.38. The maximum atomic E-state index is 12.7. The number of halogens is 2. The average Bonchev–Trinajstić information content (AvgIpc) is 3.23. The largest absolute Gasteiger partial charge is 0.480 e. The molecule has 0 bridgehead atoms. The highest BCUT2D eigenvalue weighted by Gasteiger charge is 2.35. The van der Waals surface area contributed by atoms with Crippen LogP contribution in [-0.4, -0.2) is 65.8 Å². The van der Waals surface area contributed by atoms with Gasteiger partial charge in [-0.2, -0.15) is 0 Å². The molecular formula is C50H79Cl2N3O9. The third-order valence-corrected chi connectivity index (χ3v) is 11.8. The maximum absolute atomic E-state index is 12.7. The van der Waals surface area contributed by atoms with Crippen LogP contribution < -0.4 is 15.0 Å². The standard InChI is InChI=1S/C22H32ClNO3.C19H28ClNO2.C7H13NO4.C2H6/c1-15(2)20-10-9-16(3)11-21(20)27-22(26)13-18(12-19(25)14-24-23)17-7-5-4-6-8-17;1-13(2)16-10-9-14(3)11-18(16)23-19(22)12-17(21-20)15-7-5-4-6-8-15;1-7(2,3)12-6(11)8-4-5(9)10;1-2/h4-8,15-16,18,20-21,24H,9-14H2,1-3H3;4-8,13-14,16-18,21H,9-12H2,1-3H3;4H2,1-3H3,(H,8,11)(H,9,10);1-2H3/t16-,18-,20+,21-;14-,16+,17-,18-;;/m11../s1. The van der Waals surface area contributed by atoms with Crippen LogP contribution in [0.25, 0.3) is 0 Å². The van der Waals surface area contributed by atoms with E-state index in [0.717, 1.165) is 36.8 Å². The Morgan fingerprint density at radius 3 is 1.55 bits per heavy atom. The van der Waals surface area contributed by atoms with E-state index in [0.29, 0.717) is 35.5 Å². The van der Waals surface area contributed by atoms with Crippen molar-refractivity contribution >= 4 is 53.3 Å². The number of alkyl carbamates (subject to hydrolysis) is 1. The zero-order chi connectivity index (χ0) is 48.4. The van der Waals surface area contributed by atoms with Crippen molar-refractivity contribution in [1.82, 2.24) is 15.0 Å². The Labute approximate surface area is 394 Å². The van der Waals surface area contributed by atoms with Crippen molar-refractivity contribution in [2.24, 2.45) is 35.5 Å². The molecule has 12 nitrogen and oxygen atoms in total. The van der Waals surface area contributed by atoms with Crippen molar-refractivity contribution in [3.8, 4) is 0 Å². The number of carbonyl (C=O) groups is 5. The Bertz CT molecular complexity index is 1640. The van der Waals surface area contributed by atoms with Gasteiger partial charge < -0.3 is 24.6 Å². The fourth-order valence-electron chi connectivity index (χ4n) is 8.12. The van der Waals surface area contributed by atoms with Crippen molar-refractivity contribution in [3.05, 3.63) is 71.8 Å². The van der Waals surface area contributed by atoms with Crippen LogP contribution in [0.4, 0.5) is 4.79 Å². The highest BCUT2D eigenvalue weighted by Crippen LogP contribution is 2.37. The number of hydrogen-bond acceptors (Lipinski definition) is 10. The smallest absolute Gasteiger partial charge is 0.408 e. The molecule has 0 aromatic heterocycles. The lowest BCUT2D eigenvalue weighted by Crippen LogP contribution is -2.36. The first-order chi connectivity index (χ1) is 30.2. The van der Waals surface area contributed by atoms with E-state index in [1.165, 1.54) is 12.8 Å². The monoisotopic (exact) mass is 936 g/mol. The summed E-state index contributed by atoms with van der Waals surface area (Å²) in [5.74, 6) is 1.45. The number of carboxylic acid groups (broad SMARTS) is 1. The van der Waals surface area contributed by atoms with Crippen LogP contribution in [0.3, 0.4) is 0 Å². The van der Waals surface area contributed by atoms with Gasteiger partial charge in [-0.25, -0.2) is 14.5 Å². The Morgan fingerprint density at radius 2 is 1.14 bits per heavy atom. The van der Waals surface area contributed by atoms with Crippen LogP contribution in [-0.2, 0) is 33.4 Å². The molecular weight excluding hydrogens is 857 g/mol. The van der Waals surface area contributed by atoms with Gasteiger partial charge in [0.15, 0.2) is 0 Å². The van der Waals surface area contributed by atoms with Gasteiger partial charge in [-0.1, -0.05) is 129 Å². The van der Waals surface area contributed by atoms with Crippen molar-refractivity contribution in [2.75, 3.05) is 13.1 Å². The predicted octanol–water partition coefficient (Wildman–Crippen LogP) is 11.4. The lowest BCUT2D eigenvalue weighted by Gasteiger charge is -2.37. The molecule has 2 aliphatic carbocycles. The number of ketones is 1. The molecule has 2 saturated carbocycles. The Hall–Kier alpha value is -3.71. The summed E-state index contributed by atoms with van der Waals surface area (Å²) >= 11 is 11.3. The SMILES string of the molecule is CC.CC(C)(C)OC(=O)NCC(=O)O.CC(C)[C@@H]1CC[C@@H](C)C[C@H]1OC(=O)C[C@@H](CC(=O)CNCl)c1ccccc1.CC(C)[C@@H]1CC[C@@H](C)C[C@H]1OC(=O)C[C@@H](NCl)c1ccccc1. The number of Topliss-reactive ketones (excluding diaryl/α,β-unsaturated/α-hetero) is 1. The molecule has 14 heteroatoms. The third-order valence-electron chi connectivity index (χ3n) is 11.4. The van der Waals surface area contributed by atoms with E-state index in [1.54, 1.807) is 20.8 Å². The summed E-state index contributed by atoms with van der Waals surface area (Å²) in [7, 11) is 0. The van der Waals surface area contributed by atoms with Gasteiger partial charge in [0, 0.05) is 12.3 Å². The van der Waals surface area contributed by atoms with E-state index in [1.807, 2.05) is 74.5 Å². The number of esters is 2. The van der Waals surface area contributed by atoms with E-state index in [-0.39, 0.29) is 67.7 Å². The lowest BCUT2D eigenvalue weighted by molar-refractivity contribution is -0.157. The molecule has 8 atom stereocenters. The Kier molecular flexibility index (Phi) is 28.5. The normalized spacial score (nSPS) is 21.5. The topological polar surface area (TPSA) is 169 Å². The molecule has 362 valence electrons. The molecule has 1 amide bonds. The highest BCUT2D eigenvalue weighted by atomic mass is 35.5. The number of carbonyl (C=O) groups excluding carboxylic acids is 4. The highest BCUT2D eigenvalue weighted by molar-refractivity contribution is 6.14. The van der Waals surface area contributed by atoms with Crippen molar-refractivity contribution in [1.29, 1.82) is 0 Å². The second kappa shape index (κ2) is 31.2. The molecule has 2 aliphatic rings. The predicted molar refractivity (Wildman–Crippen MR) is 256 cm³/mol. The fraction of sp³-hybridized carbons (Fsp3) is 0.660. The van der Waals surface area contributed by atoms with E-state index in [2.05, 4.69) is 56.5 Å². The van der Waals surface area contributed by atoms with Crippen molar-refractivity contribution in [3.63, 3.8) is 0 Å². The second-order valence-electron chi connectivity index (χ2n) is 18.6. The molecule has 64 heavy (non-hydrogen) atoms. The first-order valence-corrected chi connectivity index (χ1v) is 23.9. The first kappa shape index (κ1) is 58.3. The maximum Gasteiger partial charge on any atom is 0.408 e. The van der Waals surface area contributed by atoms with Gasteiger partial charge in [-0.05, 0) is 117 Å². The zero-order valence-electron chi connectivity index (χ0n) is 40.3. The minimum absolute atomic E-state index is 0.0157. The minimum Gasteiger partial charge on any atom is -0.480 e. The van der Waals surface area contributed by atoms with Gasteiger partial charge in [0.05, 0.1) is 25.4 Å². The summed E-state index contributed by atoms with van der Waals surface area (Å²) in [4.78, 5) is 63.1. The number of ether oxygens (including phenoxy) is 3. The number of rotatable bonds is 17. The second-order valence-corrected chi connectivity index (χ2v) is 19.1. The van der Waals surface area contributed by atoms with E-state index in [4.69, 9.17) is 42.9 Å². The number of hydrogen-bond donors (Lipinski definition) is 4. The molecule has 0 heterocycles. The molecule has 0 aliphatic heterocycles. The number of aliphatic carboxylic acids is 1. The summed E-state index contributed by atoms with van der Waals surface area (Å²) in [6.45, 7) is 22.1. The molecule has 0 radical (unpaired) electrons. The van der Waals surface area contributed by atoms with Crippen LogP contribution in [0.1, 0.15) is 157 Å². The van der Waals surface area contributed by atoms with Crippen LogP contribution >= 0.6 is 23.6 Å². The first-order valence-electron chi connectivity index (χ1n) is 23.1. The molecule has 4 rings (SSSR count). The zero-order valence-corrected chi connectivity index (χ0v) is 41.8. The number of amides is 1. The van der Waals surface area contributed by atoms with Crippen LogP contribution in [0.2, 0.25) is 0 Å². The third kappa shape index (κ3) is 24.0. The van der Waals surface area contributed by atoms with Gasteiger partial charge in [-0.3, -0.25) is 19.2 Å². The summed E-state index contributed by atoms with van der Waals surface area (Å²) in [6, 6.07) is 19.2. The van der Waals surface area contributed by atoms with Gasteiger partial charge in [0.2, 0.25) is 0 Å².